The second-order valence-corrected chi connectivity index (χ2v) is 3.33. The Hall–Kier alpha value is -1.58. The highest BCUT2D eigenvalue weighted by Gasteiger charge is 2.15. The third-order valence-corrected chi connectivity index (χ3v) is 2.16. The summed E-state index contributed by atoms with van der Waals surface area (Å²) in [6.07, 6.45) is 0.515. The Bertz CT molecular complexity index is 366. The van der Waals surface area contributed by atoms with E-state index in [0.717, 1.165) is 0 Å². The Balaban J connectivity index is 2.87. The molecule has 1 aromatic rings. The largest absolute Gasteiger partial charge is 0.459 e. The summed E-state index contributed by atoms with van der Waals surface area (Å²) >= 11 is 0. The molecule has 1 unspecified atom stereocenters. The summed E-state index contributed by atoms with van der Waals surface area (Å²) in [5, 5.41) is 0. The van der Waals surface area contributed by atoms with Gasteiger partial charge >= 0.3 is 5.97 Å². The molecule has 15 heavy (non-hydrogen) atoms. The molecule has 0 saturated carbocycles. The van der Waals surface area contributed by atoms with Gasteiger partial charge in [0.25, 0.3) is 0 Å². The van der Waals surface area contributed by atoms with Gasteiger partial charge in [0.15, 0.2) is 0 Å². The smallest absolute Gasteiger partial charge is 0.340 e. The molecule has 1 rings (SSSR count). The molecule has 0 bridgehead atoms. The average Bonchev–Trinajstić information content (AvgIpc) is 2.21. The van der Waals surface area contributed by atoms with Gasteiger partial charge in [0.05, 0.1) is 17.4 Å². The minimum atomic E-state index is -0.603. The lowest BCUT2D eigenvalue weighted by Gasteiger charge is -2.11. The quantitative estimate of drug-likeness (QED) is 0.616. The number of rotatable bonds is 3. The zero-order valence-corrected chi connectivity index (χ0v) is 8.79. The summed E-state index contributed by atoms with van der Waals surface area (Å²) in [5.74, 6) is -1.19. The number of para-hydroxylation sites is 1. The molecular weight excluding hydrogens is 197 g/mol. The van der Waals surface area contributed by atoms with Crippen molar-refractivity contribution in [3.8, 4) is 0 Å². The van der Waals surface area contributed by atoms with E-state index in [4.69, 9.17) is 10.5 Å². The molecule has 4 heteroatoms. The lowest BCUT2D eigenvalue weighted by atomic mass is 10.2. The van der Waals surface area contributed by atoms with E-state index in [1.165, 1.54) is 18.2 Å². The molecule has 0 fully saturated rings. The number of nitrogen functional groups attached to an aromatic ring is 1. The fraction of sp³-hybridized carbons (Fsp3) is 0.364. The monoisotopic (exact) mass is 211 g/mol. The number of hydrogen-bond acceptors (Lipinski definition) is 3. The molecule has 0 aliphatic rings. The molecular formula is C11H14FNO2. The maximum atomic E-state index is 13.0. The van der Waals surface area contributed by atoms with E-state index in [-0.39, 0.29) is 17.4 Å². The van der Waals surface area contributed by atoms with Gasteiger partial charge in [-0.15, -0.1) is 0 Å². The Labute approximate surface area is 88.0 Å². The molecule has 2 N–H and O–H groups in total. The molecule has 1 aromatic carbocycles. The lowest BCUT2D eigenvalue weighted by molar-refractivity contribution is 0.0335. The van der Waals surface area contributed by atoms with Crippen molar-refractivity contribution in [3.63, 3.8) is 0 Å². The van der Waals surface area contributed by atoms with Crippen LogP contribution in [0.1, 0.15) is 30.6 Å². The van der Waals surface area contributed by atoms with Crippen molar-refractivity contribution in [2.45, 2.75) is 26.4 Å². The second kappa shape index (κ2) is 4.77. The zero-order chi connectivity index (χ0) is 11.4. The summed E-state index contributed by atoms with van der Waals surface area (Å²) in [6, 6.07) is 4.08. The number of anilines is 1. The molecule has 0 aliphatic carbocycles. The first kappa shape index (κ1) is 11.5. The molecule has 0 saturated heterocycles. The molecule has 82 valence electrons. The van der Waals surface area contributed by atoms with Crippen molar-refractivity contribution in [1.82, 2.24) is 0 Å². The van der Waals surface area contributed by atoms with Crippen LogP contribution in [-0.4, -0.2) is 12.1 Å². The highest BCUT2D eigenvalue weighted by Crippen LogP contribution is 2.17. The van der Waals surface area contributed by atoms with E-state index >= 15 is 0 Å². The van der Waals surface area contributed by atoms with Gasteiger partial charge in [-0.05, 0) is 25.5 Å². The standard InChI is InChI=1S/C11H14FNO2/c1-3-7(2)15-11(14)8-5-4-6-9(12)10(8)13/h4-7H,3,13H2,1-2H3. The second-order valence-electron chi connectivity index (χ2n) is 3.33. The van der Waals surface area contributed by atoms with Crippen LogP contribution in [0.4, 0.5) is 10.1 Å². The molecule has 0 spiro atoms. The number of nitrogens with two attached hydrogens (primary N) is 1. The van der Waals surface area contributed by atoms with Crippen molar-refractivity contribution in [2.75, 3.05) is 5.73 Å². The normalized spacial score (nSPS) is 12.2. The molecule has 0 aromatic heterocycles. The zero-order valence-electron chi connectivity index (χ0n) is 8.79. The lowest BCUT2D eigenvalue weighted by Crippen LogP contribution is -2.15. The van der Waals surface area contributed by atoms with Crippen molar-refractivity contribution in [1.29, 1.82) is 0 Å². The number of hydrogen-bond donors (Lipinski definition) is 1. The van der Waals surface area contributed by atoms with Crippen molar-refractivity contribution < 1.29 is 13.9 Å². The highest BCUT2D eigenvalue weighted by molar-refractivity contribution is 5.95. The summed E-state index contributed by atoms with van der Waals surface area (Å²) in [6.45, 7) is 3.67. The van der Waals surface area contributed by atoms with Crippen LogP contribution in [0.5, 0.6) is 0 Å². The fourth-order valence-electron chi connectivity index (χ4n) is 1.04. The fourth-order valence-corrected chi connectivity index (χ4v) is 1.04. The first-order valence-corrected chi connectivity index (χ1v) is 4.81. The van der Waals surface area contributed by atoms with Gasteiger partial charge in [0.1, 0.15) is 5.82 Å². The number of esters is 1. The number of carbonyl (C=O) groups is 1. The van der Waals surface area contributed by atoms with Crippen LogP contribution >= 0.6 is 0 Å². The summed E-state index contributed by atoms with van der Waals surface area (Å²) < 4.78 is 18.1. The maximum Gasteiger partial charge on any atom is 0.340 e. The Morgan fingerprint density at radius 1 is 1.60 bits per heavy atom. The van der Waals surface area contributed by atoms with Gasteiger partial charge in [-0.25, -0.2) is 9.18 Å². The minimum Gasteiger partial charge on any atom is -0.459 e. The van der Waals surface area contributed by atoms with Gasteiger partial charge in [-0.1, -0.05) is 13.0 Å². The van der Waals surface area contributed by atoms with E-state index in [0.29, 0.717) is 6.42 Å². The van der Waals surface area contributed by atoms with Crippen molar-refractivity contribution in [3.05, 3.63) is 29.6 Å². The van der Waals surface area contributed by atoms with Gasteiger partial charge < -0.3 is 10.5 Å². The van der Waals surface area contributed by atoms with Crippen molar-refractivity contribution in [2.24, 2.45) is 0 Å². The van der Waals surface area contributed by atoms with Gasteiger partial charge in [-0.2, -0.15) is 0 Å². The predicted octanol–water partition coefficient (Wildman–Crippen LogP) is 2.36. The minimum absolute atomic E-state index is 0.0790. The maximum absolute atomic E-state index is 13.0. The summed E-state index contributed by atoms with van der Waals surface area (Å²) in [4.78, 5) is 11.5. The van der Waals surface area contributed by atoms with E-state index in [2.05, 4.69) is 0 Å². The topological polar surface area (TPSA) is 52.3 Å². The number of halogens is 1. The Morgan fingerprint density at radius 2 is 2.27 bits per heavy atom. The van der Waals surface area contributed by atoms with Crippen LogP contribution in [-0.2, 0) is 4.74 Å². The molecule has 1 atom stereocenters. The van der Waals surface area contributed by atoms with Crippen LogP contribution in [0.3, 0.4) is 0 Å². The highest BCUT2D eigenvalue weighted by atomic mass is 19.1. The molecule has 0 aliphatic heterocycles. The SMILES string of the molecule is CCC(C)OC(=O)c1cccc(F)c1N. The molecule has 0 amide bonds. The number of ether oxygens (including phenoxy) is 1. The van der Waals surface area contributed by atoms with E-state index < -0.39 is 11.8 Å². The first-order chi connectivity index (χ1) is 7.06. The third kappa shape index (κ3) is 2.68. The van der Waals surface area contributed by atoms with Gasteiger partial charge in [-0.3, -0.25) is 0 Å². The van der Waals surface area contributed by atoms with Crippen LogP contribution in [0.15, 0.2) is 18.2 Å². The molecule has 3 nitrogen and oxygen atoms in total. The van der Waals surface area contributed by atoms with E-state index in [9.17, 15) is 9.18 Å². The first-order valence-electron chi connectivity index (χ1n) is 4.81. The Kier molecular flexibility index (Phi) is 3.66. The van der Waals surface area contributed by atoms with Gasteiger partial charge in [0.2, 0.25) is 0 Å². The summed E-state index contributed by atoms with van der Waals surface area (Å²) in [7, 11) is 0. The van der Waals surface area contributed by atoms with Crippen LogP contribution in [0.25, 0.3) is 0 Å². The van der Waals surface area contributed by atoms with Crippen LogP contribution in [0, 0.1) is 5.82 Å². The van der Waals surface area contributed by atoms with Crippen molar-refractivity contribution >= 4 is 11.7 Å². The van der Waals surface area contributed by atoms with Gasteiger partial charge in [0, 0.05) is 0 Å². The average molecular weight is 211 g/mol. The third-order valence-electron chi connectivity index (χ3n) is 2.16. The summed E-state index contributed by atoms with van der Waals surface area (Å²) in [5.41, 5.74) is 5.34. The molecule has 0 heterocycles. The van der Waals surface area contributed by atoms with E-state index in [1.807, 2.05) is 6.92 Å². The number of carbonyl (C=O) groups excluding carboxylic acids is 1. The van der Waals surface area contributed by atoms with E-state index in [1.54, 1.807) is 6.92 Å². The van der Waals surface area contributed by atoms with Crippen LogP contribution < -0.4 is 5.73 Å². The Morgan fingerprint density at radius 3 is 2.87 bits per heavy atom. The predicted molar refractivity (Wildman–Crippen MR) is 56.0 cm³/mol. The number of benzene rings is 1. The molecule has 0 radical (unpaired) electrons. The van der Waals surface area contributed by atoms with Crippen LogP contribution in [0.2, 0.25) is 0 Å².